The van der Waals surface area contributed by atoms with Crippen molar-refractivity contribution in [3.05, 3.63) is 29.8 Å². The molecule has 0 aliphatic heterocycles. The van der Waals surface area contributed by atoms with E-state index in [0.717, 1.165) is 5.56 Å². The smallest absolute Gasteiger partial charge is 0.332 e. The van der Waals surface area contributed by atoms with E-state index in [1.807, 2.05) is 12.1 Å². The minimum absolute atomic E-state index is 0.0455. The Labute approximate surface area is 119 Å². The second-order valence-electron chi connectivity index (χ2n) is 5.55. The number of amides is 1. The van der Waals surface area contributed by atoms with Crippen LogP contribution in [0, 0.1) is 0 Å². The first kappa shape index (κ1) is 16.2. The third-order valence-electron chi connectivity index (χ3n) is 2.84. The number of carbonyl (C=O) groups is 2. The van der Waals surface area contributed by atoms with Crippen LogP contribution in [0.25, 0.3) is 0 Å². The monoisotopic (exact) mass is 278 g/mol. The number of hydrogen-bond acceptors (Lipinski definition) is 4. The Morgan fingerprint density at radius 2 is 1.80 bits per heavy atom. The van der Waals surface area contributed by atoms with Crippen LogP contribution in [0.5, 0.6) is 0 Å². The average molecular weight is 278 g/mol. The Morgan fingerprint density at radius 3 is 2.25 bits per heavy atom. The van der Waals surface area contributed by atoms with Gasteiger partial charge in [-0.3, -0.25) is 4.79 Å². The summed E-state index contributed by atoms with van der Waals surface area (Å²) in [6.07, 6.45) is 0. The molecule has 0 aliphatic carbocycles. The molecule has 0 aromatic heterocycles. The van der Waals surface area contributed by atoms with Crippen LogP contribution < -0.4 is 11.1 Å². The van der Waals surface area contributed by atoms with Gasteiger partial charge in [0.2, 0.25) is 0 Å². The van der Waals surface area contributed by atoms with Gasteiger partial charge in [-0.05, 0) is 30.0 Å². The molecule has 5 nitrogen and oxygen atoms in total. The summed E-state index contributed by atoms with van der Waals surface area (Å²) in [6.45, 7) is 8.18. The maximum Gasteiger partial charge on any atom is 0.332 e. The summed E-state index contributed by atoms with van der Waals surface area (Å²) in [4.78, 5) is 23.1. The zero-order valence-electron chi connectivity index (χ0n) is 12.4. The molecule has 0 heterocycles. The first-order valence-corrected chi connectivity index (χ1v) is 6.59. The molecule has 0 bridgehead atoms. The Bertz CT molecular complexity index is 475. The molecule has 1 amide bonds. The van der Waals surface area contributed by atoms with Crippen LogP contribution >= 0.6 is 0 Å². The van der Waals surface area contributed by atoms with Crippen LogP contribution in [-0.4, -0.2) is 24.5 Å². The number of rotatable bonds is 4. The summed E-state index contributed by atoms with van der Waals surface area (Å²) in [5.41, 5.74) is 7.31. The zero-order valence-corrected chi connectivity index (χ0v) is 12.4. The van der Waals surface area contributed by atoms with E-state index in [-0.39, 0.29) is 12.0 Å². The van der Waals surface area contributed by atoms with Gasteiger partial charge in [-0.15, -0.1) is 0 Å². The lowest BCUT2D eigenvalue weighted by Gasteiger charge is -2.19. The number of nitrogens with two attached hydrogens (primary N) is 1. The second kappa shape index (κ2) is 6.52. The predicted octanol–water partition coefficient (Wildman–Crippen LogP) is 1.81. The predicted molar refractivity (Wildman–Crippen MR) is 78.4 cm³/mol. The standard InChI is InChI=1S/C15H22N2O3/c1-5-20-14(19)12(16)13(18)17-11-8-6-10(7-9-11)15(2,3)4/h6-9,12H,5,16H2,1-4H3,(H,17,18). The van der Waals surface area contributed by atoms with Crippen molar-refractivity contribution in [1.82, 2.24) is 0 Å². The van der Waals surface area contributed by atoms with E-state index in [1.54, 1.807) is 19.1 Å². The fourth-order valence-corrected chi connectivity index (χ4v) is 1.61. The summed E-state index contributed by atoms with van der Waals surface area (Å²) in [7, 11) is 0. The molecule has 0 aliphatic rings. The molecule has 1 rings (SSSR count). The Morgan fingerprint density at radius 1 is 1.25 bits per heavy atom. The van der Waals surface area contributed by atoms with E-state index in [1.165, 1.54) is 0 Å². The van der Waals surface area contributed by atoms with Gasteiger partial charge in [-0.25, -0.2) is 4.79 Å². The van der Waals surface area contributed by atoms with Crippen LogP contribution in [0.1, 0.15) is 33.3 Å². The molecule has 0 radical (unpaired) electrons. The van der Waals surface area contributed by atoms with Crippen molar-refractivity contribution in [3.8, 4) is 0 Å². The number of ether oxygens (including phenoxy) is 1. The molecule has 3 N–H and O–H groups in total. The maximum absolute atomic E-state index is 11.8. The molecule has 20 heavy (non-hydrogen) atoms. The molecule has 1 aromatic carbocycles. The van der Waals surface area contributed by atoms with Crippen LogP contribution in [0.3, 0.4) is 0 Å². The van der Waals surface area contributed by atoms with Crippen molar-refractivity contribution >= 4 is 17.6 Å². The largest absolute Gasteiger partial charge is 0.464 e. The molecule has 0 saturated heterocycles. The molecule has 0 saturated carbocycles. The first-order chi connectivity index (χ1) is 9.25. The zero-order chi connectivity index (χ0) is 15.3. The minimum Gasteiger partial charge on any atom is -0.464 e. The van der Waals surface area contributed by atoms with Crippen molar-refractivity contribution in [2.75, 3.05) is 11.9 Å². The fraction of sp³-hybridized carbons (Fsp3) is 0.467. The Balaban J connectivity index is 2.69. The Hall–Kier alpha value is -1.88. The highest BCUT2D eigenvalue weighted by molar-refractivity contribution is 6.08. The summed E-state index contributed by atoms with van der Waals surface area (Å²) in [5, 5.41) is 2.59. The lowest BCUT2D eigenvalue weighted by molar-refractivity contribution is -0.146. The van der Waals surface area contributed by atoms with E-state index in [2.05, 4.69) is 26.1 Å². The fourth-order valence-electron chi connectivity index (χ4n) is 1.61. The molecule has 5 heteroatoms. The molecule has 1 unspecified atom stereocenters. The summed E-state index contributed by atoms with van der Waals surface area (Å²) in [5.74, 6) is -1.30. The van der Waals surface area contributed by atoms with Crippen LogP contribution in [0.2, 0.25) is 0 Å². The SMILES string of the molecule is CCOC(=O)C(N)C(=O)Nc1ccc(C(C)(C)C)cc1. The third kappa shape index (κ3) is 4.35. The highest BCUT2D eigenvalue weighted by Gasteiger charge is 2.23. The van der Waals surface area contributed by atoms with Gasteiger partial charge in [0.1, 0.15) is 0 Å². The molecule has 0 spiro atoms. The summed E-state index contributed by atoms with van der Waals surface area (Å²) in [6, 6.07) is 6.14. The van der Waals surface area contributed by atoms with Crippen LogP contribution in [-0.2, 0) is 19.7 Å². The van der Waals surface area contributed by atoms with Gasteiger partial charge in [0.25, 0.3) is 5.91 Å². The molecule has 1 atom stereocenters. The quantitative estimate of drug-likeness (QED) is 0.650. The average Bonchev–Trinajstić information content (AvgIpc) is 2.37. The molecule has 110 valence electrons. The topological polar surface area (TPSA) is 81.4 Å². The number of carbonyl (C=O) groups excluding carboxylic acids is 2. The number of esters is 1. The number of nitrogens with one attached hydrogen (secondary N) is 1. The normalized spacial score (nSPS) is 12.7. The van der Waals surface area contributed by atoms with Crippen molar-refractivity contribution < 1.29 is 14.3 Å². The van der Waals surface area contributed by atoms with E-state index >= 15 is 0 Å². The van der Waals surface area contributed by atoms with Gasteiger partial charge in [0, 0.05) is 5.69 Å². The van der Waals surface area contributed by atoms with Crippen LogP contribution in [0.4, 0.5) is 5.69 Å². The highest BCUT2D eigenvalue weighted by atomic mass is 16.5. The Kier molecular flexibility index (Phi) is 5.27. The van der Waals surface area contributed by atoms with Crippen LogP contribution in [0.15, 0.2) is 24.3 Å². The van der Waals surface area contributed by atoms with Gasteiger partial charge in [-0.1, -0.05) is 32.9 Å². The van der Waals surface area contributed by atoms with E-state index in [4.69, 9.17) is 10.5 Å². The van der Waals surface area contributed by atoms with Gasteiger partial charge in [0.15, 0.2) is 6.04 Å². The molecular formula is C15H22N2O3. The first-order valence-electron chi connectivity index (χ1n) is 6.59. The maximum atomic E-state index is 11.8. The summed E-state index contributed by atoms with van der Waals surface area (Å²) < 4.78 is 4.70. The van der Waals surface area contributed by atoms with Crippen molar-refractivity contribution in [1.29, 1.82) is 0 Å². The second-order valence-corrected chi connectivity index (χ2v) is 5.55. The summed E-state index contributed by atoms with van der Waals surface area (Å²) >= 11 is 0. The number of benzene rings is 1. The van der Waals surface area contributed by atoms with Crippen molar-refractivity contribution in [2.24, 2.45) is 5.73 Å². The van der Waals surface area contributed by atoms with Gasteiger partial charge < -0.3 is 15.8 Å². The molecule has 1 aromatic rings. The molecular weight excluding hydrogens is 256 g/mol. The van der Waals surface area contributed by atoms with E-state index < -0.39 is 17.9 Å². The van der Waals surface area contributed by atoms with Crippen molar-refractivity contribution in [2.45, 2.75) is 39.2 Å². The lowest BCUT2D eigenvalue weighted by Crippen LogP contribution is -2.43. The van der Waals surface area contributed by atoms with Gasteiger partial charge in [0.05, 0.1) is 6.61 Å². The number of hydrogen-bond donors (Lipinski definition) is 2. The number of anilines is 1. The van der Waals surface area contributed by atoms with E-state index in [9.17, 15) is 9.59 Å². The third-order valence-corrected chi connectivity index (χ3v) is 2.84. The van der Waals surface area contributed by atoms with Gasteiger partial charge in [-0.2, -0.15) is 0 Å². The lowest BCUT2D eigenvalue weighted by atomic mass is 9.87. The van der Waals surface area contributed by atoms with Crippen molar-refractivity contribution in [3.63, 3.8) is 0 Å². The highest BCUT2D eigenvalue weighted by Crippen LogP contribution is 2.23. The van der Waals surface area contributed by atoms with E-state index in [0.29, 0.717) is 5.69 Å². The van der Waals surface area contributed by atoms with Gasteiger partial charge >= 0.3 is 5.97 Å². The molecule has 0 fully saturated rings. The minimum atomic E-state index is -1.31.